The van der Waals surface area contributed by atoms with Gasteiger partial charge in [-0.25, -0.2) is 0 Å². The van der Waals surface area contributed by atoms with Gasteiger partial charge < -0.3 is 9.64 Å². The van der Waals surface area contributed by atoms with Crippen molar-refractivity contribution in [1.82, 2.24) is 9.80 Å². The third kappa shape index (κ3) is 4.49. The van der Waals surface area contributed by atoms with Crippen molar-refractivity contribution >= 4 is 0 Å². The monoisotopic (exact) mass is 214 g/mol. The Morgan fingerprint density at radius 3 is 2.67 bits per heavy atom. The molecule has 0 N–H and O–H groups in total. The Morgan fingerprint density at radius 2 is 2.07 bits per heavy atom. The molecule has 1 aliphatic rings. The molecule has 0 saturated carbocycles. The maximum Gasteiger partial charge on any atom is 0.0589 e. The minimum absolute atomic E-state index is 0.686. The molecule has 0 aromatic carbocycles. The number of rotatable bonds is 6. The molecule has 0 radical (unpaired) electrons. The zero-order chi connectivity index (χ0) is 11.1. The second kappa shape index (κ2) is 7.20. The summed E-state index contributed by atoms with van der Waals surface area (Å²) in [5.41, 5.74) is 0. The fourth-order valence-electron chi connectivity index (χ4n) is 2.20. The lowest BCUT2D eigenvalue weighted by atomic mass is 10.2. The Bertz CT molecular complexity index is 164. The van der Waals surface area contributed by atoms with Gasteiger partial charge in [0.1, 0.15) is 0 Å². The molecule has 1 heterocycles. The van der Waals surface area contributed by atoms with Gasteiger partial charge in [-0.1, -0.05) is 13.3 Å². The normalized spacial score (nSPS) is 24.6. The van der Waals surface area contributed by atoms with Crippen LogP contribution in [0.2, 0.25) is 0 Å². The summed E-state index contributed by atoms with van der Waals surface area (Å²) in [5, 5.41) is 0. The van der Waals surface area contributed by atoms with Crippen molar-refractivity contribution in [2.24, 2.45) is 0 Å². The molecule has 0 aliphatic carbocycles. The molecule has 15 heavy (non-hydrogen) atoms. The fourth-order valence-corrected chi connectivity index (χ4v) is 2.20. The quantitative estimate of drug-likeness (QED) is 0.665. The van der Waals surface area contributed by atoms with Crippen molar-refractivity contribution in [3.05, 3.63) is 0 Å². The molecule has 1 rings (SSSR count). The van der Waals surface area contributed by atoms with Gasteiger partial charge in [-0.05, 0) is 19.9 Å². The SMILES string of the molecule is CCCCN1CCN(CCOC)[C@H](C)C1. The molecule has 1 atom stereocenters. The highest BCUT2D eigenvalue weighted by atomic mass is 16.5. The Morgan fingerprint density at radius 1 is 1.27 bits per heavy atom. The van der Waals surface area contributed by atoms with Crippen LogP contribution in [0.3, 0.4) is 0 Å². The number of ether oxygens (including phenoxy) is 1. The molecule has 0 unspecified atom stereocenters. The number of piperazine rings is 1. The van der Waals surface area contributed by atoms with Crippen molar-refractivity contribution in [3.8, 4) is 0 Å². The van der Waals surface area contributed by atoms with Gasteiger partial charge >= 0.3 is 0 Å². The Hall–Kier alpha value is -0.120. The third-order valence-electron chi connectivity index (χ3n) is 3.26. The van der Waals surface area contributed by atoms with Crippen molar-refractivity contribution in [1.29, 1.82) is 0 Å². The van der Waals surface area contributed by atoms with E-state index in [9.17, 15) is 0 Å². The number of unbranched alkanes of at least 4 members (excludes halogenated alkanes) is 1. The number of nitrogens with zero attached hydrogens (tertiary/aromatic N) is 2. The van der Waals surface area contributed by atoms with Crippen molar-refractivity contribution in [2.45, 2.75) is 32.7 Å². The van der Waals surface area contributed by atoms with Crippen molar-refractivity contribution < 1.29 is 4.74 Å². The Balaban J connectivity index is 2.21. The molecule has 0 aromatic rings. The van der Waals surface area contributed by atoms with Crippen LogP contribution < -0.4 is 0 Å². The van der Waals surface area contributed by atoms with Crippen LogP contribution in [0.25, 0.3) is 0 Å². The molecule has 0 bridgehead atoms. The van der Waals surface area contributed by atoms with E-state index in [0.29, 0.717) is 6.04 Å². The average Bonchev–Trinajstić information content (AvgIpc) is 2.25. The smallest absolute Gasteiger partial charge is 0.0589 e. The Kier molecular flexibility index (Phi) is 6.22. The van der Waals surface area contributed by atoms with Crippen molar-refractivity contribution in [3.63, 3.8) is 0 Å². The van der Waals surface area contributed by atoms with E-state index >= 15 is 0 Å². The van der Waals surface area contributed by atoms with E-state index in [1.165, 1.54) is 39.0 Å². The highest BCUT2D eigenvalue weighted by molar-refractivity contribution is 4.78. The predicted octanol–water partition coefficient (Wildman–Crippen LogP) is 1.44. The molecule has 0 aromatic heterocycles. The minimum Gasteiger partial charge on any atom is -0.383 e. The van der Waals surface area contributed by atoms with Crippen LogP contribution in [-0.4, -0.2) is 62.3 Å². The molecular weight excluding hydrogens is 188 g/mol. The summed E-state index contributed by atoms with van der Waals surface area (Å²) in [6.45, 7) is 11.5. The summed E-state index contributed by atoms with van der Waals surface area (Å²) >= 11 is 0. The van der Waals surface area contributed by atoms with Gasteiger partial charge in [-0.2, -0.15) is 0 Å². The maximum absolute atomic E-state index is 5.13. The first-order valence-electron chi connectivity index (χ1n) is 6.23. The summed E-state index contributed by atoms with van der Waals surface area (Å²) < 4.78 is 5.13. The van der Waals surface area contributed by atoms with Gasteiger partial charge in [0.15, 0.2) is 0 Å². The average molecular weight is 214 g/mol. The van der Waals surface area contributed by atoms with Crippen LogP contribution >= 0.6 is 0 Å². The summed E-state index contributed by atoms with van der Waals surface area (Å²) in [6.07, 6.45) is 2.64. The molecular formula is C12H26N2O. The van der Waals surface area contributed by atoms with Crippen molar-refractivity contribution in [2.75, 3.05) is 46.4 Å². The van der Waals surface area contributed by atoms with Crippen LogP contribution in [0.15, 0.2) is 0 Å². The van der Waals surface area contributed by atoms with Gasteiger partial charge in [0, 0.05) is 39.3 Å². The zero-order valence-corrected chi connectivity index (χ0v) is 10.5. The topological polar surface area (TPSA) is 15.7 Å². The van der Waals surface area contributed by atoms with E-state index in [1.54, 1.807) is 7.11 Å². The van der Waals surface area contributed by atoms with Crippen LogP contribution in [0, 0.1) is 0 Å². The first-order chi connectivity index (χ1) is 7.27. The molecule has 3 heteroatoms. The summed E-state index contributed by atoms with van der Waals surface area (Å²) in [5.74, 6) is 0. The largest absolute Gasteiger partial charge is 0.383 e. The third-order valence-corrected chi connectivity index (χ3v) is 3.26. The second-order valence-corrected chi connectivity index (χ2v) is 4.53. The number of methoxy groups -OCH3 is 1. The molecule has 0 spiro atoms. The molecule has 3 nitrogen and oxygen atoms in total. The molecule has 0 amide bonds. The summed E-state index contributed by atoms with van der Waals surface area (Å²) in [7, 11) is 1.78. The van der Waals surface area contributed by atoms with E-state index < -0.39 is 0 Å². The van der Waals surface area contributed by atoms with Gasteiger partial charge in [0.05, 0.1) is 6.61 Å². The maximum atomic E-state index is 5.13. The lowest BCUT2D eigenvalue weighted by Gasteiger charge is -2.39. The summed E-state index contributed by atoms with van der Waals surface area (Å²) in [4.78, 5) is 5.13. The van der Waals surface area contributed by atoms with E-state index in [0.717, 1.165) is 13.2 Å². The van der Waals surface area contributed by atoms with Crippen LogP contribution in [0.5, 0.6) is 0 Å². The van der Waals surface area contributed by atoms with Crippen LogP contribution in [0.4, 0.5) is 0 Å². The first-order valence-corrected chi connectivity index (χ1v) is 6.23. The number of hydrogen-bond acceptors (Lipinski definition) is 3. The lowest BCUT2D eigenvalue weighted by molar-refractivity contribution is 0.0585. The second-order valence-electron chi connectivity index (χ2n) is 4.53. The zero-order valence-electron chi connectivity index (χ0n) is 10.5. The molecule has 1 fully saturated rings. The highest BCUT2D eigenvalue weighted by Crippen LogP contribution is 2.09. The van der Waals surface area contributed by atoms with Gasteiger partial charge in [-0.15, -0.1) is 0 Å². The standard InChI is InChI=1S/C12H26N2O/c1-4-5-6-13-7-8-14(9-10-15-3)12(2)11-13/h12H,4-11H2,1-3H3/t12-/m1/s1. The van der Waals surface area contributed by atoms with Gasteiger partial charge in [0.25, 0.3) is 0 Å². The Labute approximate surface area is 94.4 Å². The van der Waals surface area contributed by atoms with Gasteiger partial charge in [-0.3, -0.25) is 4.90 Å². The van der Waals surface area contributed by atoms with E-state index in [4.69, 9.17) is 4.74 Å². The lowest BCUT2D eigenvalue weighted by Crippen LogP contribution is -2.52. The fraction of sp³-hybridized carbons (Fsp3) is 1.00. The molecule has 1 aliphatic heterocycles. The van der Waals surface area contributed by atoms with E-state index in [2.05, 4.69) is 23.6 Å². The van der Waals surface area contributed by atoms with E-state index in [-0.39, 0.29) is 0 Å². The molecule has 90 valence electrons. The summed E-state index contributed by atoms with van der Waals surface area (Å²) in [6, 6.07) is 0.686. The van der Waals surface area contributed by atoms with E-state index in [1.807, 2.05) is 0 Å². The predicted molar refractivity (Wildman–Crippen MR) is 64.3 cm³/mol. The van der Waals surface area contributed by atoms with Gasteiger partial charge in [0.2, 0.25) is 0 Å². The number of hydrogen-bond donors (Lipinski definition) is 0. The highest BCUT2D eigenvalue weighted by Gasteiger charge is 2.22. The minimum atomic E-state index is 0.686. The van der Waals surface area contributed by atoms with Crippen LogP contribution in [-0.2, 0) is 4.74 Å². The first kappa shape index (κ1) is 12.9. The molecule has 1 saturated heterocycles. The van der Waals surface area contributed by atoms with Crippen LogP contribution in [0.1, 0.15) is 26.7 Å².